The molecule has 0 amide bonds. The summed E-state index contributed by atoms with van der Waals surface area (Å²) in [4.78, 5) is 27.6. The number of nitrogens with one attached hydrogen (secondary N) is 1. The highest BCUT2D eigenvalue weighted by Crippen LogP contribution is 2.29. The summed E-state index contributed by atoms with van der Waals surface area (Å²) >= 11 is 0. The van der Waals surface area contributed by atoms with Gasteiger partial charge in [-0.2, -0.15) is 9.37 Å². The minimum atomic E-state index is -1.61. The number of carbonyl (C=O) groups excluding carboxylic acids is 1. The molecule has 0 saturated heterocycles. The predicted octanol–water partition coefficient (Wildman–Crippen LogP) is 4.11. The fourth-order valence-electron chi connectivity index (χ4n) is 3.50. The van der Waals surface area contributed by atoms with Crippen molar-refractivity contribution in [1.29, 1.82) is 0 Å². The zero-order valence-corrected chi connectivity index (χ0v) is 15.5. The van der Waals surface area contributed by atoms with Crippen LogP contribution in [0.5, 0.6) is 0 Å². The summed E-state index contributed by atoms with van der Waals surface area (Å²) in [5.41, 5.74) is 0.711. The van der Waals surface area contributed by atoms with Crippen molar-refractivity contribution in [2.45, 2.75) is 25.8 Å². The van der Waals surface area contributed by atoms with E-state index in [1.54, 1.807) is 18.2 Å². The zero-order valence-electron chi connectivity index (χ0n) is 15.5. The molecule has 30 heavy (non-hydrogen) atoms. The molecule has 1 heterocycles. The van der Waals surface area contributed by atoms with Crippen LogP contribution >= 0.6 is 0 Å². The molecule has 0 fully saturated rings. The largest absolute Gasteiger partial charge is 0.325 e. The van der Waals surface area contributed by atoms with Gasteiger partial charge in [-0.05, 0) is 42.2 Å². The maximum absolute atomic E-state index is 13.9. The summed E-state index contributed by atoms with van der Waals surface area (Å²) in [6.45, 7) is -0.283. The number of hydrogen-bond donors (Lipinski definition) is 1. The molecule has 4 rings (SSSR count). The Morgan fingerprint density at radius 3 is 2.47 bits per heavy atom. The van der Waals surface area contributed by atoms with E-state index < -0.39 is 28.8 Å². The van der Waals surface area contributed by atoms with Gasteiger partial charge in [-0.25, -0.2) is 13.2 Å². The number of rotatable bonds is 4. The molecule has 3 aromatic rings. The lowest BCUT2D eigenvalue weighted by atomic mass is 9.89. The molecular formula is C21H15F4N3O2. The number of Topliss-reactive ketones (excluding diaryl/α,β-unsaturated/α-hetero) is 1. The Bertz CT molecular complexity index is 1200. The topological polar surface area (TPSA) is 64.0 Å². The molecule has 9 heteroatoms. The zero-order chi connectivity index (χ0) is 21.4. The first-order valence-electron chi connectivity index (χ1n) is 9.16. The van der Waals surface area contributed by atoms with E-state index in [1.807, 2.05) is 0 Å². The first kappa shape index (κ1) is 19.8. The number of aromatic nitrogens is 2. The molecule has 0 saturated carbocycles. The number of ketones is 1. The van der Waals surface area contributed by atoms with Crippen LogP contribution in [0.2, 0.25) is 0 Å². The molecule has 5 nitrogen and oxygen atoms in total. The van der Waals surface area contributed by atoms with E-state index in [9.17, 15) is 27.2 Å². The van der Waals surface area contributed by atoms with Crippen LogP contribution in [-0.2, 0) is 13.0 Å². The van der Waals surface area contributed by atoms with Gasteiger partial charge in [-0.15, -0.1) is 0 Å². The van der Waals surface area contributed by atoms with Crippen LogP contribution in [0.15, 0.2) is 41.3 Å². The Balaban J connectivity index is 1.75. The summed E-state index contributed by atoms with van der Waals surface area (Å²) in [6, 6.07) is 6.62. The van der Waals surface area contributed by atoms with Gasteiger partial charge < -0.3 is 9.88 Å². The van der Waals surface area contributed by atoms with Gasteiger partial charge >= 0.3 is 5.56 Å². The quantitative estimate of drug-likeness (QED) is 0.513. The maximum atomic E-state index is 13.9. The lowest BCUT2D eigenvalue weighted by Gasteiger charge is -2.20. The Morgan fingerprint density at radius 1 is 1.00 bits per heavy atom. The second-order valence-corrected chi connectivity index (χ2v) is 6.95. The van der Waals surface area contributed by atoms with Crippen LogP contribution in [0.1, 0.15) is 34.3 Å². The van der Waals surface area contributed by atoms with Crippen LogP contribution in [-0.4, -0.2) is 15.3 Å². The third-order valence-electron chi connectivity index (χ3n) is 4.90. The highest BCUT2D eigenvalue weighted by atomic mass is 19.2. The standard InChI is InChI=1S/C21H15F4N3O2/c22-14-7-11(8-15(23)19(14)25)9-28-10-16(24)20(30)27-21(28)26-17-5-1-4-13-12(17)3-2-6-18(13)29/h1,4-5,7-8,10H,2-3,6,9H2,(H,26,27,30). The molecule has 0 bridgehead atoms. The summed E-state index contributed by atoms with van der Waals surface area (Å²) in [5.74, 6) is -5.62. The van der Waals surface area contributed by atoms with E-state index in [0.29, 0.717) is 30.5 Å². The van der Waals surface area contributed by atoms with Gasteiger partial charge in [0.1, 0.15) is 0 Å². The minimum Gasteiger partial charge on any atom is -0.325 e. The summed E-state index contributed by atoms with van der Waals surface area (Å²) in [5, 5.41) is 2.92. The monoisotopic (exact) mass is 417 g/mol. The van der Waals surface area contributed by atoms with Crippen LogP contribution < -0.4 is 10.9 Å². The first-order valence-corrected chi connectivity index (χ1v) is 9.16. The summed E-state index contributed by atoms with van der Waals surface area (Å²) in [7, 11) is 0. The van der Waals surface area contributed by atoms with Crippen molar-refractivity contribution in [2.24, 2.45) is 0 Å². The van der Waals surface area contributed by atoms with E-state index in [1.165, 1.54) is 0 Å². The Kier molecular flexibility index (Phi) is 5.11. The fourth-order valence-corrected chi connectivity index (χ4v) is 3.50. The van der Waals surface area contributed by atoms with Crippen molar-refractivity contribution in [2.75, 3.05) is 5.32 Å². The molecule has 1 aromatic heterocycles. The SMILES string of the molecule is O=C1CCCc2c(Nc3nc(=O)c(F)cn3Cc3cc(F)c(F)c(F)c3)cccc21. The van der Waals surface area contributed by atoms with E-state index in [-0.39, 0.29) is 23.8 Å². The van der Waals surface area contributed by atoms with Crippen molar-refractivity contribution in [1.82, 2.24) is 9.55 Å². The lowest BCUT2D eigenvalue weighted by Crippen LogP contribution is -2.21. The molecule has 0 atom stereocenters. The highest BCUT2D eigenvalue weighted by Gasteiger charge is 2.21. The second-order valence-electron chi connectivity index (χ2n) is 6.95. The number of carbonyl (C=O) groups is 1. The van der Waals surface area contributed by atoms with Crippen LogP contribution in [0.3, 0.4) is 0 Å². The molecule has 0 radical (unpaired) electrons. The molecule has 0 spiro atoms. The van der Waals surface area contributed by atoms with Crippen LogP contribution in [0.4, 0.5) is 29.2 Å². The molecule has 0 aliphatic heterocycles. The Hall–Kier alpha value is -3.49. The van der Waals surface area contributed by atoms with E-state index in [0.717, 1.165) is 28.5 Å². The smallest absolute Gasteiger partial charge is 0.310 e. The van der Waals surface area contributed by atoms with Crippen molar-refractivity contribution < 1.29 is 22.4 Å². The van der Waals surface area contributed by atoms with Gasteiger partial charge in [0.15, 0.2) is 23.2 Å². The number of fused-ring (bicyclic) bond motifs is 1. The fraction of sp³-hybridized carbons (Fsp3) is 0.190. The molecule has 1 aliphatic rings. The Morgan fingerprint density at radius 2 is 1.73 bits per heavy atom. The number of anilines is 2. The van der Waals surface area contributed by atoms with Crippen LogP contribution in [0, 0.1) is 23.3 Å². The lowest BCUT2D eigenvalue weighted by molar-refractivity contribution is 0.0972. The summed E-state index contributed by atoms with van der Waals surface area (Å²) in [6.07, 6.45) is 2.58. The second kappa shape index (κ2) is 7.74. The van der Waals surface area contributed by atoms with Crippen molar-refractivity contribution in [3.8, 4) is 0 Å². The van der Waals surface area contributed by atoms with Gasteiger partial charge in [-0.3, -0.25) is 9.59 Å². The maximum Gasteiger partial charge on any atom is 0.310 e. The minimum absolute atomic E-state index is 0.00150. The molecular weight excluding hydrogens is 402 g/mol. The van der Waals surface area contributed by atoms with Crippen molar-refractivity contribution in [3.05, 3.63) is 86.8 Å². The third-order valence-corrected chi connectivity index (χ3v) is 4.90. The molecule has 2 aromatic carbocycles. The van der Waals surface area contributed by atoms with E-state index >= 15 is 0 Å². The molecule has 1 N–H and O–H groups in total. The molecule has 1 aliphatic carbocycles. The van der Waals surface area contributed by atoms with Crippen molar-refractivity contribution in [3.63, 3.8) is 0 Å². The van der Waals surface area contributed by atoms with Gasteiger partial charge in [0.05, 0.1) is 6.54 Å². The molecule has 154 valence electrons. The predicted molar refractivity (Wildman–Crippen MR) is 101 cm³/mol. The normalized spacial score (nSPS) is 13.3. The number of benzene rings is 2. The van der Waals surface area contributed by atoms with E-state index in [2.05, 4.69) is 10.3 Å². The van der Waals surface area contributed by atoms with Gasteiger partial charge in [-0.1, -0.05) is 12.1 Å². The first-order chi connectivity index (χ1) is 14.3. The average Bonchev–Trinajstić information content (AvgIpc) is 2.70. The highest BCUT2D eigenvalue weighted by molar-refractivity contribution is 6.00. The molecule has 0 unspecified atom stereocenters. The number of nitrogens with zero attached hydrogens (tertiary/aromatic N) is 2. The Labute approximate surface area is 168 Å². The number of hydrogen-bond acceptors (Lipinski definition) is 4. The third kappa shape index (κ3) is 3.70. The van der Waals surface area contributed by atoms with Crippen LogP contribution in [0.25, 0.3) is 0 Å². The van der Waals surface area contributed by atoms with Gasteiger partial charge in [0.2, 0.25) is 11.8 Å². The number of halogens is 4. The van der Waals surface area contributed by atoms with Gasteiger partial charge in [0, 0.05) is 23.9 Å². The van der Waals surface area contributed by atoms with Gasteiger partial charge in [0.25, 0.3) is 0 Å². The van der Waals surface area contributed by atoms with Crippen molar-refractivity contribution >= 4 is 17.4 Å². The summed E-state index contributed by atoms with van der Waals surface area (Å²) < 4.78 is 55.3. The average molecular weight is 417 g/mol. The van der Waals surface area contributed by atoms with E-state index in [4.69, 9.17) is 0 Å².